The number of aromatic hydroxyl groups is 1. The van der Waals surface area contributed by atoms with Gasteiger partial charge in [0.2, 0.25) is 0 Å². The molecular formula is C21H22N4O. The van der Waals surface area contributed by atoms with Crippen LogP contribution in [0.1, 0.15) is 18.2 Å². The van der Waals surface area contributed by atoms with E-state index in [2.05, 4.69) is 15.3 Å². The van der Waals surface area contributed by atoms with Crippen LogP contribution in [-0.2, 0) is 6.42 Å². The minimum absolute atomic E-state index is 0.278. The zero-order valence-electron chi connectivity index (χ0n) is 15.0. The fraction of sp³-hybridized carbons (Fsp3) is 0.190. The summed E-state index contributed by atoms with van der Waals surface area (Å²) in [6, 6.07) is 17.2. The van der Waals surface area contributed by atoms with Gasteiger partial charge in [-0.1, -0.05) is 42.5 Å². The normalized spacial score (nSPS) is 11.0. The van der Waals surface area contributed by atoms with Crippen LogP contribution >= 0.6 is 0 Å². The zero-order valence-corrected chi connectivity index (χ0v) is 15.0. The van der Waals surface area contributed by atoms with Crippen molar-refractivity contribution in [3.05, 3.63) is 65.9 Å². The first-order valence-electron chi connectivity index (χ1n) is 8.62. The highest BCUT2D eigenvalue weighted by molar-refractivity contribution is 5.72. The lowest BCUT2D eigenvalue weighted by molar-refractivity contribution is 0.475. The highest BCUT2D eigenvalue weighted by atomic mass is 16.3. The molecule has 1 aromatic heterocycles. The number of aromatic nitrogens is 2. The number of aliphatic imine (C=N–C) groups is 1. The molecule has 0 radical (unpaired) electrons. The van der Waals surface area contributed by atoms with Gasteiger partial charge >= 0.3 is 0 Å². The fourth-order valence-corrected chi connectivity index (χ4v) is 2.68. The van der Waals surface area contributed by atoms with Crippen molar-refractivity contribution in [2.24, 2.45) is 4.99 Å². The van der Waals surface area contributed by atoms with Gasteiger partial charge in [0.15, 0.2) is 11.6 Å². The number of nitrogens with zero attached hydrogens (tertiary/aromatic N) is 3. The largest absolute Gasteiger partial charge is 0.508 e. The molecule has 5 heteroatoms. The van der Waals surface area contributed by atoms with Gasteiger partial charge in [0.1, 0.15) is 11.4 Å². The van der Waals surface area contributed by atoms with Crippen LogP contribution in [0.5, 0.6) is 5.75 Å². The number of aryl methyl sites for hydroxylation is 1. The van der Waals surface area contributed by atoms with E-state index in [0.29, 0.717) is 12.4 Å². The molecule has 3 aromatic rings. The van der Waals surface area contributed by atoms with E-state index in [-0.39, 0.29) is 5.75 Å². The van der Waals surface area contributed by atoms with Gasteiger partial charge in [-0.25, -0.2) is 9.97 Å². The topological polar surface area (TPSA) is 70.4 Å². The van der Waals surface area contributed by atoms with Crippen LogP contribution in [0.25, 0.3) is 11.4 Å². The van der Waals surface area contributed by atoms with Gasteiger partial charge in [-0.05, 0) is 38.0 Å². The van der Waals surface area contributed by atoms with E-state index in [1.807, 2.05) is 56.3 Å². The molecule has 0 atom stereocenters. The SMILES string of the molecule is CC=Nc1c(C)nc(-c2ccccc2)nc1NCCc1ccc(O)cc1. The fourth-order valence-electron chi connectivity index (χ4n) is 2.68. The van der Waals surface area contributed by atoms with Gasteiger partial charge in [-0.3, -0.25) is 4.99 Å². The molecule has 0 saturated carbocycles. The number of benzene rings is 2. The molecule has 0 aliphatic rings. The third-order valence-corrected chi connectivity index (χ3v) is 3.99. The summed E-state index contributed by atoms with van der Waals surface area (Å²) < 4.78 is 0. The van der Waals surface area contributed by atoms with Gasteiger partial charge in [0.05, 0.1) is 5.69 Å². The molecule has 0 aliphatic carbocycles. The van der Waals surface area contributed by atoms with E-state index in [0.717, 1.165) is 34.7 Å². The molecule has 0 unspecified atom stereocenters. The number of phenols is 1. The number of hydrogen-bond donors (Lipinski definition) is 2. The lowest BCUT2D eigenvalue weighted by atomic mass is 10.1. The van der Waals surface area contributed by atoms with Crippen molar-refractivity contribution in [1.29, 1.82) is 0 Å². The van der Waals surface area contributed by atoms with Gasteiger partial charge in [0, 0.05) is 18.3 Å². The highest BCUT2D eigenvalue weighted by Gasteiger charge is 2.12. The average molecular weight is 346 g/mol. The number of anilines is 1. The molecule has 0 spiro atoms. The lowest BCUT2D eigenvalue weighted by Gasteiger charge is -2.12. The maximum absolute atomic E-state index is 9.38. The van der Waals surface area contributed by atoms with Crippen LogP contribution in [-0.4, -0.2) is 27.8 Å². The Balaban J connectivity index is 1.83. The van der Waals surface area contributed by atoms with Crippen LogP contribution < -0.4 is 5.32 Å². The highest BCUT2D eigenvalue weighted by Crippen LogP contribution is 2.29. The summed E-state index contributed by atoms with van der Waals surface area (Å²) in [5.74, 6) is 1.69. The Bertz CT molecular complexity index is 890. The maximum atomic E-state index is 9.38. The van der Waals surface area contributed by atoms with Gasteiger partial charge in [-0.2, -0.15) is 0 Å². The van der Waals surface area contributed by atoms with Crippen LogP contribution in [0.15, 0.2) is 59.6 Å². The van der Waals surface area contributed by atoms with Gasteiger partial charge < -0.3 is 10.4 Å². The lowest BCUT2D eigenvalue weighted by Crippen LogP contribution is -2.08. The molecule has 3 rings (SSSR count). The first kappa shape index (κ1) is 17.6. The van der Waals surface area contributed by atoms with E-state index in [4.69, 9.17) is 4.98 Å². The van der Waals surface area contributed by atoms with E-state index in [1.165, 1.54) is 0 Å². The molecule has 2 N–H and O–H groups in total. The molecule has 0 fully saturated rings. The Morgan fingerprint density at radius 1 is 1.04 bits per heavy atom. The average Bonchev–Trinajstić information content (AvgIpc) is 2.66. The first-order chi connectivity index (χ1) is 12.7. The Morgan fingerprint density at radius 3 is 2.46 bits per heavy atom. The minimum atomic E-state index is 0.278. The predicted octanol–water partition coefficient (Wildman–Crippen LogP) is 4.53. The smallest absolute Gasteiger partial charge is 0.161 e. The summed E-state index contributed by atoms with van der Waals surface area (Å²) >= 11 is 0. The monoisotopic (exact) mass is 346 g/mol. The van der Waals surface area contributed by atoms with Crippen molar-refractivity contribution >= 4 is 17.7 Å². The Hall–Kier alpha value is -3.21. The van der Waals surface area contributed by atoms with Crippen molar-refractivity contribution in [1.82, 2.24) is 9.97 Å². The van der Waals surface area contributed by atoms with E-state index in [1.54, 1.807) is 18.3 Å². The van der Waals surface area contributed by atoms with Gasteiger partial charge in [-0.15, -0.1) is 0 Å². The van der Waals surface area contributed by atoms with Gasteiger partial charge in [0.25, 0.3) is 0 Å². The summed E-state index contributed by atoms with van der Waals surface area (Å²) in [6.45, 7) is 4.54. The van der Waals surface area contributed by atoms with Crippen molar-refractivity contribution in [3.8, 4) is 17.1 Å². The summed E-state index contributed by atoms with van der Waals surface area (Å²) in [7, 11) is 0. The summed E-state index contributed by atoms with van der Waals surface area (Å²) in [6.07, 6.45) is 2.57. The number of nitrogens with one attached hydrogen (secondary N) is 1. The number of hydrogen-bond acceptors (Lipinski definition) is 5. The Morgan fingerprint density at radius 2 is 1.77 bits per heavy atom. The van der Waals surface area contributed by atoms with E-state index >= 15 is 0 Å². The second kappa shape index (κ2) is 8.25. The van der Waals surface area contributed by atoms with E-state index in [9.17, 15) is 5.11 Å². The second-order valence-electron chi connectivity index (χ2n) is 5.93. The molecule has 0 bridgehead atoms. The third-order valence-electron chi connectivity index (χ3n) is 3.99. The predicted molar refractivity (Wildman–Crippen MR) is 106 cm³/mol. The van der Waals surface area contributed by atoms with Crippen LogP contribution in [0.3, 0.4) is 0 Å². The van der Waals surface area contributed by atoms with Crippen molar-refractivity contribution < 1.29 is 5.11 Å². The maximum Gasteiger partial charge on any atom is 0.161 e. The zero-order chi connectivity index (χ0) is 18.4. The Labute approximate surface area is 153 Å². The molecule has 26 heavy (non-hydrogen) atoms. The second-order valence-corrected chi connectivity index (χ2v) is 5.93. The molecule has 5 nitrogen and oxygen atoms in total. The van der Waals surface area contributed by atoms with Crippen LogP contribution in [0.2, 0.25) is 0 Å². The summed E-state index contributed by atoms with van der Waals surface area (Å²) in [5, 5.41) is 12.8. The van der Waals surface area contributed by atoms with Crippen LogP contribution in [0, 0.1) is 6.92 Å². The molecule has 0 amide bonds. The van der Waals surface area contributed by atoms with E-state index < -0.39 is 0 Å². The summed E-state index contributed by atoms with van der Waals surface area (Å²) in [5.41, 5.74) is 3.72. The number of rotatable bonds is 6. The first-order valence-corrected chi connectivity index (χ1v) is 8.62. The summed E-state index contributed by atoms with van der Waals surface area (Å²) in [4.78, 5) is 13.7. The standard InChI is InChI=1S/C21H22N4O/c1-3-22-19-15(2)24-20(17-7-5-4-6-8-17)25-21(19)23-14-13-16-9-11-18(26)12-10-16/h3-12,26H,13-14H2,1-2H3,(H,23,24,25). The quantitative estimate of drug-likeness (QED) is 0.643. The number of phenolic OH excluding ortho intramolecular Hbond substituents is 1. The molecule has 2 aromatic carbocycles. The van der Waals surface area contributed by atoms with Crippen molar-refractivity contribution in [2.75, 3.05) is 11.9 Å². The van der Waals surface area contributed by atoms with Crippen molar-refractivity contribution in [2.45, 2.75) is 20.3 Å². The third kappa shape index (κ3) is 4.25. The minimum Gasteiger partial charge on any atom is -0.508 e. The molecule has 0 aliphatic heterocycles. The van der Waals surface area contributed by atoms with Crippen molar-refractivity contribution in [3.63, 3.8) is 0 Å². The molecular weight excluding hydrogens is 324 g/mol. The molecule has 132 valence electrons. The Kier molecular flexibility index (Phi) is 5.59. The molecule has 0 saturated heterocycles. The van der Waals surface area contributed by atoms with Crippen LogP contribution in [0.4, 0.5) is 11.5 Å². The molecule has 1 heterocycles.